The summed E-state index contributed by atoms with van der Waals surface area (Å²) in [7, 11) is 0. The Morgan fingerprint density at radius 1 is 1.42 bits per heavy atom. The number of rotatable bonds is 3. The predicted molar refractivity (Wildman–Crippen MR) is 75.6 cm³/mol. The van der Waals surface area contributed by atoms with E-state index in [9.17, 15) is 9.59 Å². The van der Waals surface area contributed by atoms with Crippen LogP contribution in [-0.4, -0.2) is 29.3 Å². The number of anilines is 1. The maximum atomic E-state index is 11.5. The quantitative estimate of drug-likeness (QED) is 0.845. The molecule has 0 aliphatic heterocycles. The Labute approximate surface area is 123 Å². The van der Waals surface area contributed by atoms with E-state index < -0.39 is 17.7 Å². The number of nitrogens with zero attached hydrogens (tertiary/aromatic N) is 1. The van der Waals surface area contributed by atoms with Crippen molar-refractivity contribution in [1.82, 2.24) is 4.98 Å². The Morgan fingerprint density at radius 3 is 2.58 bits per heavy atom. The van der Waals surface area contributed by atoms with E-state index in [0.717, 1.165) is 11.3 Å². The largest absolute Gasteiger partial charge is 0.461 e. The van der Waals surface area contributed by atoms with Gasteiger partial charge in [0.15, 0.2) is 10.8 Å². The first-order chi connectivity index (χ1) is 8.73. The highest BCUT2D eigenvalue weighted by Gasteiger charge is 2.21. The maximum absolute atomic E-state index is 11.5. The van der Waals surface area contributed by atoms with Crippen molar-refractivity contribution in [2.45, 2.75) is 33.3 Å². The number of halogens is 1. The molecular formula is C11H15BrN2O4S. The molecule has 0 atom stereocenters. The summed E-state index contributed by atoms with van der Waals surface area (Å²) in [6.45, 7) is 7.24. The van der Waals surface area contributed by atoms with E-state index in [1.54, 1.807) is 27.7 Å². The van der Waals surface area contributed by atoms with E-state index in [0.29, 0.717) is 3.79 Å². The molecule has 1 heterocycles. The molecule has 0 aromatic carbocycles. The lowest BCUT2D eigenvalue weighted by Crippen LogP contribution is -2.27. The second-order valence-electron chi connectivity index (χ2n) is 4.49. The monoisotopic (exact) mass is 350 g/mol. The van der Waals surface area contributed by atoms with Crippen LogP contribution >= 0.6 is 27.3 Å². The lowest BCUT2D eigenvalue weighted by Gasteiger charge is -2.18. The molecule has 0 radical (unpaired) electrons. The summed E-state index contributed by atoms with van der Waals surface area (Å²) >= 11 is 4.32. The summed E-state index contributed by atoms with van der Waals surface area (Å²) in [5.74, 6) is -0.539. The molecule has 106 valence electrons. The molecule has 1 amide bonds. The van der Waals surface area contributed by atoms with Crippen LogP contribution in [0.25, 0.3) is 0 Å². The van der Waals surface area contributed by atoms with E-state index in [1.807, 2.05) is 0 Å². The second-order valence-corrected chi connectivity index (χ2v) is 6.81. The first-order valence-corrected chi connectivity index (χ1v) is 7.17. The van der Waals surface area contributed by atoms with Crippen LogP contribution in [0.1, 0.15) is 38.2 Å². The minimum Gasteiger partial charge on any atom is -0.461 e. The number of carbonyl (C=O) groups excluding carboxylic acids is 2. The smallest absolute Gasteiger partial charge is 0.413 e. The van der Waals surface area contributed by atoms with E-state index in [2.05, 4.69) is 26.2 Å². The Balaban J connectivity index is 2.74. The van der Waals surface area contributed by atoms with Gasteiger partial charge in [-0.3, -0.25) is 5.32 Å². The zero-order valence-corrected chi connectivity index (χ0v) is 13.5. The van der Waals surface area contributed by atoms with E-state index in [-0.39, 0.29) is 17.4 Å². The number of thiazole rings is 1. The van der Waals surface area contributed by atoms with Gasteiger partial charge in [-0.1, -0.05) is 11.3 Å². The van der Waals surface area contributed by atoms with Crippen LogP contribution in [0.3, 0.4) is 0 Å². The van der Waals surface area contributed by atoms with E-state index >= 15 is 0 Å². The predicted octanol–water partition coefficient (Wildman–Crippen LogP) is 3.43. The molecule has 8 heteroatoms. The average Bonchev–Trinajstić information content (AvgIpc) is 2.56. The molecule has 0 aliphatic rings. The topological polar surface area (TPSA) is 77.5 Å². The van der Waals surface area contributed by atoms with E-state index in [4.69, 9.17) is 9.47 Å². The molecule has 0 unspecified atom stereocenters. The highest BCUT2D eigenvalue weighted by atomic mass is 79.9. The summed E-state index contributed by atoms with van der Waals surface area (Å²) in [4.78, 5) is 27.1. The van der Waals surface area contributed by atoms with Gasteiger partial charge in [-0.2, -0.15) is 0 Å². The van der Waals surface area contributed by atoms with Crippen LogP contribution < -0.4 is 5.32 Å². The summed E-state index contributed by atoms with van der Waals surface area (Å²) in [6.07, 6.45) is -0.621. The van der Waals surface area contributed by atoms with Crippen molar-refractivity contribution in [2.75, 3.05) is 11.9 Å². The van der Waals surface area contributed by atoms with Crippen LogP contribution in [0.2, 0.25) is 0 Å². The molecule has 1 N–H and O–H groups in total. The van der Waals surface area contributed by atoms with Crippen LogP contribution in [0, 0.1) is 0 Å². The van der Waals surface area contributed by atoms with Gasteiger partial charge in [0, 0.05) is 0 Å². The van der Waals surface area contributed by atoms with Crippen LogP contribution in [0.4, 0.5) is 9.93 Å². The first-order valence-electron chi connectivity index (χ1n) is 5.56. The normalized spacial score (nSPS) is 11.0. The van der Waals surface area contributed by atoms with Crippen molar-refractivity contribution in [3.05, 3.63) is 9.48 Å². The molecule has 6 nitrogen and oxygen atoms in total. The number of nitrogens with one attached hydrogen (secondary N) is 1. The number of carbonyl (C=O) groups is 2. The van der Waals surface area contributed by atoms with Gasteiger partial charge in [0.1, 0.15) is 9.39 Å². The summed E-state index contributed by atoms with van der Waals surface area (Å²) in [6, 6.07) is 0. The van der Waals surface area contributed by atoms with Gasteiger partial charge in [-0.25, -0.2) is 14.6 Å². The number of esters is 1. The maximum Gasteiger partial charge on any atom is 0.413 e. The number of hydrogen-bond acceptors (Lipinski definition) is 6. The zero-order valence-electron chi connectivity index (χ0n) is 11.1. The average molecular weight is 351 g/mol. The molecule has 0 fully saturated rings. The summed E-state index contributed by atoms with van der Waals surface area (Å²) in [5, 5.41) is 2.73. The van der Waals surface area contributed by atoms with Crippen molar-refractivity contribution < 1.29 is 19.1 Å². The third-order valence-corrected chi connectivity index (χ3v) is 3.28. The molecule has 1 aromatic rings. The molecule has 1 aromatic heterocycles. The van der Waals surface area contributed by atoms with Crippen molar-refractivity contribution in [2.24, 2.45) is 0 Å². The molecule has 0 spiro atoms. The zero-order chi connectivity index (χ0) is 14.6. The number of amides is 1. The van der Waals surface area contributed by atoms with Crippen LogP contribution in [-0.2, 0) is 9.47 Å². The molecular weight excluding hydrogens is 336 g/mol. The first kappa shape index (κ1) is 15.9. The Kier molecular flexibility index (Phi) is 5.30. The number of ether oxygens (including phenoxy) is 2. The third-order valence-electron chi connectivity index (χ3n) is 1.66. The fraction of sp³-hybridized carbons (Fsp3) is 0.545. The summed E-state index contributed by atoms with van der Waals surface area (Å²) < 4.78 is 10.4. The Morgan fingerprint density at radius 2 is 2.05 bits per heavy atom. The summed E-state index contributed by atoms with van der Waals surface area (Å²) in [5.41, 5.74) is -0.458. The molecule has 0 saturated heterocycles. The van der Waals surface area contributed by atoms with Crippen LogP contribution in [0.15, 0.2) is 3.79 Å². The Hall–Kier alpha value is -1.15. The molecule has 0 saturated carbocycles. The minimum absolute atomic E-state index is 0.137. The van der Waals surface area contributed by atoms with Gasteiger partial charge < -0.3 is 9.47 Å². The number of hydrogen-bond donors (Lipinski definition) is 1. The lowest BCUT2D eigenvalue weighted by molar-refractivity contribution is 0.0517. The Bertz CT molecular complexity index is 482. The van der Waals surface area contributed by atoms with Crippen molar-refractivity contribution >= 4 is 44.5 Å². The van der Waals surface area contributed by atoms with Crippen molar-refractivity contribution in [1.29, 1.82) is 0 Å². The van der Waals surface area contributed by atoms with Gasteiger partial charge in [-0.15, -0.1) is 0 Å². The fourth-order valence-electron chi connectivity index (χ4n) is 1.07. The highest BCUT2D eigenvalue weighted by Crippen LogP contribution is 2.29. The standard InChI is InChI=1S/C11H15BrN2O4S/c1-5-17-8(15)6-7(12)19-9(13-6)14-10(16)18-11(2,3)4/h5H2,1-4H3,(H,13,14,16). The van der Waals surface area contributed by atoms with Gasteiger partial charge in [0.2, 0.25) is 0 Å². The van der Waals surface area contributed by atoms with Crippen LogP contribution in [0.5, 0.6) is 0 Å². The van der Waals surface area contributed by atoms with Gasteiger partial charge in [-0.05, 0) is 43.6 Å². The highest BCUT2D eigenvalue weighted by molar-refractivity contribution is 9.11. The minimum atomic E-state index is -0.621. The van der Waals surface area contributed by atoms with Gasteiger partial charge >= 0.3 is 12.1 Å². The molecule has 0 aliphatic carbocycles. The fourth-order valence-corrected chi connectivity index (χ4v) is 2.45. The SMILES string of the molecule is CCOC(=O)c1nc(NC(=O)OC(C)(C)C)sc1Br. The molecule has 0 bridgehead atoms. The van der Waals surface area contributed by atoms with Crippen molar-refractivity contribution in [3.63, 3.8) is 0 Å². The molecule has 19 heavy (non-hydrogen) atoms. The third kappa shape index (κ3) is 5.15. The lowest BCUT2D eigenvalue weighted by atomic mass is 10.2. The van der Waals surface area contributed by atoms with Gasteiger partial charge in [0.25, 0.3) is 0 Å². The van der Waals surface area contributed by atoms with Gasteiger partial charge in [0.05, 0.1) is 6.61 Å². The van der Waals surface area contributed by atoms with Crippen molar-refractivity contribution in [3.8, 4) is 0 Å². The number of aromatic nitrogens is 1. The van der Waals surface area contributed by atoms with E-state index in [1.165, 1.54) is 0 Å². The molecule has 1 rings (SSSR count). The second kappa shape index (κ2) is 6.33.